The van der Waals surface area contributed by atoms with E-state index in [0.29, 0.717) is 11.7 Å². The molecule has 0 bridgehead atoms. The average molecular weight is 295 g/mol. The second-order valence-corrected chi connectivity index (χ2v) is 7.08. The van der Waals surface area contributed by atoms with Gasteiger partial charge in [-0.25, -0.2) is 4.98 Å². The van der Waals surface area contributed by atoms with Gasteiger partial charge in [0.05, 0.1) is 21.8 Å². The maximum absolute atomic E-state index is 6.02. The first-order valence-corrected chi connectivity index (χ1v) is 7.47. The second-order valence-electron chi connectivity index (χ2n) is 6.01. The van der Waals surface area contributed by atoms with Gasteiger partial charge in [-0.2, -0.15) is 0 Å². The van der Waals surface area contributed by atoms with Crippen molar-refractivity contribution in [3.8, 4) is 0 Å². The molecule has 5 nitrogen and oxygen atoms in total. The van der Waals surface area contributed by atoms with Gasteiger partial charge in [-0.15, -0.1) is 0 Å². The van der Waals surface area contributed by atoms with Crippen LogP contribution in [0.5, 0.6) is 0 Å². The van der Waals surface area contributed by atoms with Crippen LogP contribution < -0.4 is 11.5 Å². The van der Waals surface area contributed by atoms with Gasteiger partial charge in [0.15, 0.2) is 5.13 Å². The van der Waals surface area contributed by atoms with Gasteiger partial charge < -0.3 is 20.8 Å². The molecule has 0 unspecified atom stereocenters. The molecule has 0 aliphatic carbocycles. The topological polar surface area (TPSA) is 83.4 Å². The standard InChI is InChI=1S/C13H22BN3O2S/c1-8-10(20-11(16)17-8)6-9(7-15)14-18-12(2,3)13(4,5)19-14/h6H,7,15H2,1-5H3,(H2,16,17). The summed E-state index contributed by atoms with van der Waals surface area (Å²) >= 11 is 1.44. The lowest BCUT2D eigenvalue weighted by molar-refractivity contribution is 0.00578. The van der Waals surface area contributed by atoms with Crippen LogP contribution in [0, 0.1) is 6.92 Å². The van der Waals surface area contributed by atoms with E-state index in [1.807, 2.05) is 40.7 Å². The Morgan fingerprint density at radius 2 is 1.85 bits per heavy atom. The monoisotopic (exact) mass is 295 g/mol. The minimum atomic E-state index is -0.423. The Hall–Kier alpha value is -0.885. The fourth-order valence-corrected chi connectivity index (χ4v) is 2.76. The van der Waals surface area contributed by atoms with Gasteiger partial charge in [0.1, 0.15) is 0 Å². The number of aryl methyl sites for hydroxylation is 1. The molecule has 0 amide bonds. The molecule has 110 valence electrons. The number of aromatic nitrogens is 1. The van der Waals surface area contributed by atoms with E-state index in [9.17, 15) is 0 Å². The number of rotatable bonds is 3. The molecule has 0 spiro atoms. The van der Waals surface area contributed by atoms with Crippen LogP contribution in [0.15, 0.2) is 5.47 Å². The molecular weight excluding hydrogens is 273 g/mol. The van der Waals surface area contributed by atoms with Gasteiger partial charge in [0.2, 0.25) is 0 Å². The zero-order valence-corrected chi connectivity index (χ0v) is 13.5. The predicted octanol–water partition coefficient (Wildman–Crippen LogP) is 2.01. The normalized spacial score (nSPS) is 21.5. The van der Waals surface area contributed by atoms with Gasteiger partial charge in [0.25, 0.3) is 0 Å². The highest BCUT2D eigenvalue weighted by molar-refractivity contribution is 7.16. The highest BCUT2D eigenvalue weighted by Gasteiger charge is 2.52. The van der Waals surface area contributed by atoms with Crippen molar-refractivity contribution in [3.63, 3.8) is 0 Å². The second kappa shape index (κ2) is 5.14. The van der Waals surface area contributed by atoms with E-state index >= 15 is 0 Å². The van der Waals surface area contributed by atoms with E-state index in [1.165, 1.54) is 11.3 Å². The molecule has 20 heavy (non-hydrogen) atoms. The first-order valence-electron chi connectivity index (χ1n) is 6.65. The molecule has 1 aliphatic heterocycles. The smallest absolute Gasteiger partial charge is 0.400 e. The number of nitrogen functional groups attached to an aromatic ring is 1. The van der Waals surface area contributed by atoms with Gasteiger partial charge >= 0.3 is 7.12 Å². The predicted molar refractivity (Wildman–Crippen MR) is 84.4 cm³/mol. The molecule has 1 aromatic heterocycles. The van der Waals surface area contributed by atoms with Gasteiger partial charge in [-0.1, -0.05) is 11.3 Å². The Morgan fingerprint density at radius 1 is 1.30 bits per heavy atom. The number of nitrogens with two attached hydrogens (primary N) is 2. The lowest BCUT2D eigenvalue weighted by Gasteiger charge is -2.32. The SMILES string of the molecule is Cc1nc(N)sc1C=C(CN)B1OC(C)(C)C(C)(C)O1. The van der Waals surface area contributed by atoms with Crippen molar-refractivity contribution in [1.82, 2.24) is 4.98 Å². The van der Waals surface area contributed by atoms with Crippen LogP contribution in [0.25, 0.3) is 6.08 Å². The van der Waals surface area contributed by atoms with Crippen molar-refractivity contribution in [2.75, 3.05) is 12.3 Å². The lowest BCUT2D eigenvalue weighted by atomic mass is 9.77. The van der Waals surface area contributed by atoms with Gasteiger partial charge in [-0.3, -0.25) is 0 Å². The molecule has 1 aromatic rings. The van der Waals surface area contributed by atoms with Crippen LogP contribution in [0.1, 0.15) is 38.3 Å². The third-order valence-corrected chi connectivity index (χ3v) is 4.89. The van der Waals surface area contributed by atoms with Gasteiger partial charge in [0, 0.05) is 6.54 Å². The fourth-order valence-electron chi connectivity index (χ4n) is 1.95. The van der Waals surface area contributed by atoms with Gasteiger partial charge in [-0.05, 0) is 46.2 Å². The molecule has 1 aliphatic rings. The Balaban J connectivity index is 2.29. The Bertz CT molecular complexity index is 524. The third kappa shape index (κ3) is 2.76. The molecule has 2 heterocycles. The van der Waals surface area contributed by atoms with Crippen molar-refractivity contribution in [2.24, 2.45) is 5.73 Å². The van der Waals surface area contributed by atoms with Crippen LogP contribution in [0.3, 0.4) is 0 Å². The summed E-state index contributed by atoms with van der Waals surface area (Å²) in [5.41, 5.74) is 12.6. The fraction of sp³-hybridized carbons (Fsp3) is 0.615. The summed E-state index contributed by atoms with van der Waals surface area (Å²) in [6.45, 7) is 10.4. The maximum atomic E-state index is 6.02. The summed E-state index contributed by atoms with van der Waals surface area (Å²) in [6, 6.07) is 0. The highest BCUT2D eigenvalue weighted by atomic mass is 32.1. The average Bonchev–Trinajstić information content (AvgIpc) is 2.72. The molecule has 7 heteroatoms. The van der Waals surface area contributed by atoms with E-state index in [1.54, 1.807) is 0 Å². The number of anilines is 1. The van der Waals surface area contributed by atoms with Crippen molar-refractivity contribution in [1.29, 1.82) is 0 Å². The lowest BCUT2D eigenvalue weighted by Crippen LogP contribution is -2.41. The molecule has 1 fully saturated rings. The number of thiazole rings is 1. The minimum absolute atomic E-state index is 0.367. The summed E-state index contributed by atoms with van der Waals surface area (Å²) in [6.07, 6.45) is 1.98. The van der Waals surface area contributed by atoms with Crippen molar-refractivity contribution >= 4 is 29.7 Å². The van der Waals surface area contributed by atoms with Crippen LogP contribution >= 0.6 is 11.3 Å². The quantitative estimate of drug-likeness (QED) is 0.833. The first-order chi connectivity index (χ1) is 9.16. The van der Waals surface area contributed by atoms with Crippen molar-refractivity contribution < 1.29 is 9.31 Å². The Labute approximate surface area is 124 Å². The molecule has 0 saturated carbocycles. The van der Waals surface area contributed by atoms with Crippen molar-refractivity contribution in [2.45, 2.75) is 45.8 Å². The number of hydrogen-bond acceptors (Lipinski definition) is 6. The Kier molecular flexibility index (Phi) is 3.99. The first kappa shape index (κ1) is 15.5. The highest BCUT2D eigenvalue weighted by Crippen LogP contribution is 2.39. The van der Waals surface area contributed by atoms with E-state index < -0.39 is 7.12 Å². The van der Waals surface area contributed by atoms with E-state index in [-0.39, 0.29) is 11.2 Å². The third-order valence-electron chi connectivity index (χ3n) is 3.96. The minimum Gasteiger partial charge on any atom is -0.400 e. The van der Waals surface area contributed by atoms with E-state index in [0.717, 1.165) is 16.0 Å². The molecule has 2 rings (SSSR count). The van der Waals surface area contributed by atoms with E-state index in [4.69, 9.17) is 20.8 Å². The van der Waals surface area contributed by atoms with Crippen LogP contribution in [-0.2, 0) is 9.31 Å². The molecule has 0 radical (unpaired) electrons. The summed E-state index contributed by atoms with van der Waals surface area (Å²) in [5.74, 6) is 0. The van der Waals surface area contributed by atoms with Crippen molar-refractivity contribution in [3.05, 3.63) is 16.0 Å². The summed E-state index contributed by atoms with van der Waals surface area (Å²) in [5, 5.41) is 0.555. The largest absolute Gasteiger partial charge is 0.491 e. The summed E-state index contributed by atoms with van der Waals surface area (Å²) < 4.78 is 12.0. The summed E-state index contributed by atoms with van der Waals surface area (Å²) in [7, 11) is -0.423. The zero-order chi connectivity index (χ0) is 15.1. The van der Waals surface area contributed by atoms with E-state index in [2.05, 4.69) is 4.98 Å². The summed E-state index contributed by atoms with van der Waals surface area (Å²) in [4.78, 5) is 5.21. The Morgan fingerprint density at radius 3 is 2.25 bits per heavy atom. The zero-order valence-electron chi connectivity index (χ0n) is 12.7. The van der Waals surface area contributed by atoms with Crippen LogP contribution in [0.4, 0.5) is 5.13 Å². The molecule has 0 atom stereocenters. The maximum Gasteiger partial charge on any atom is 0.491 e. The molecule has 1 saturated heterocycles. The van der Waals surface area contributed by atoms with Crippen LogP contribution in [0.2, 0.25) is 0 Å². The molecule has 0 aromatic carbocycles. The molecular formula is C13H22BN3O2S. The number of nitrogens with zero attached hydrogens (tertiary/aromatic N) is 1. The molecule has 4 N–H and O–H groups in total. The van der Waals surface area contributed by atoms with Crippen LogP contribution in [-0.4, -0.2) is 29.8 Å². The number of hydrogen-bond donors (Lipinski definition) is 2.